The zero-order chi connectivity index (χ0) is 58.3. The Bertz CT molecular complexity index is 1670. The summed E-state index contributed by atoms with van der Waals surface area (Å²) in [6, 6.07) is 0. The standard InChI is InChI=1S/C68H119O11P/c1-4-7-10-13-16-19-22-25-28-31-32-35-38-41-44-47-50-53-56-59-68(72)79-65(61-75-66(70)57-54-51-48-45-42-39-36-33-29-26-23-20-17-14-11-8-5-2)63-77-80(73,74)76-62-64(60-69)78-67(71)58-55-52-49-46-43-40-37-34-30-27-24-21-18-15-12-9-6-3/h7,10,16,18-19,21,25-30,32,35,64-65,69H,4-6,8-9,11-15,17,20,22-24,31,33-34,36-63H2,1-3H3,(H,73,74)/b10-7-,19-16-,21-18-,28-25-,29-26-,30-27-,35-32-. The van der Waals surface area contributed by atoms with Crippen molar-refractivity contribution in [2.45, 2.75) is 303 Å². The van der Waals surface area contributed by atoms with Gasteiger partial charge in [-0.3, -0.25) is 23.4 Å². The molecule has 3 unspecified atom stereocenters. The van der Waals surface area contributed by atoms with E-state index in [1.165, 1.54) is 103 Å². The van der Waals surface area contributed by atoms with Gasteiger partial charge in [-0.1, -0.05) is 241 Å². The minimum absolute atomic E-state index is 0.148. The number of carbonyl (C=O) groups excluding carboxylic acids is 3. The third kappa shape index (κ3) is 59.3. The number of rotatable bonds is 60. The van der Waals surface area contributed by atoms with E-state index in [-0.39, 0.29) is 25.9 Å². The van der Waals surface area contributed by atoms with E-state index in [2.05, 4.69) is 106 Å². The molecule has 462 valence electrons. The maximum Gasteiger partial charge on any atom is 0.472 e. The molecule has 0 saturated heterocycles. The molecule has 0 amide bonds. The molecule has 0 fully saturated rings. The Labute approximate surface area is 490 Å². The first kappa shape index (κ1) is 76.7. The first-order valence-electron chi connectivity index (χ1n) is 32.5. The third-order valence-corrected chi connectivity index (χ3v) is 14.7. The molecule has 80 heavy (non-hydrogen) atoms. The van der Waals surface area contributed by atoms with E-state index < -0.39 is 57.8 Å². The summed E-state index contributed by atoms with van der Waals surface area (Å²) in [5.74, 6) is -1.49. The lowest BCUT2D eigenvalue weighted by Crippen LogP contribution is -2.30. The van der Waals surface area contributed by atoms with Gasteiger partial charge in [0.1, 0.15) is 12.7 Å². The summed E-state index contributed by atoms with van der Waals surface area (Å²) >= 11 is 0. The number of hydrogen-bond acceptors (Lipinski definition) is 10. The van der Waals surface area contributed by atoms with Crippen molar-refractivity contribution in [3.8, 4) is 0 Å². The Balaban J connectivity index is 4.73. The summed E-state index contributed by atoms with van der Waals surface area (Å²) in [5.41, 5.74) is 0. The van der Waals surface area contributed by atoms with Crippen LogP contribution < -0.4 is 0 Å². The SMILES string of the molecule is CC/C=C\C/C=C\C/C=C\C/C=C\CCCCCCCCC(=O)OC(COC(=O)CCCCCCCCC/C=C\CCCCCCCC)COP(=O)(O)OCC(CO)OC(=O)CCCCCCCCC/C=C\C/C=C\CCCCC. The Morgan fingerprint density at radius 2 is 0.650 bits per heavy atom. The molecule has 0 spiro atoms. The quantitative estimate of drug-likeness (QED) is 0.0197. The molecule has 0 heterocycles. The largest absolute Gasteiger partial charge is 0.472 e. The number of phosphoric ester groups is 1. The van der Waals surface area contributed by atoms with Gasteiger partial charge in [0, 0.05) is 19.3 Å². The molecule has 0 radical (unpaired) electrons. The minimum Gasteiger partial charge on any atom is -0.462 e. The summed E-state index contributed by atoms with van der Waals surface area (Å²) in [4.78, 5) is 48.8. The van der Waals surface area contributed by atoms with Gasteiger partial charge in [-0.2, -0.15) is 0 Å². The van der Waals surface area contributed by atoms with E-state index >= 15 is 0 Å². The summed E-state index contributed by atoms with van der Waals surface area (Å²) in [5, 5.41) is 9.86. The highest BCUT2D eigenvalue weighted by molar-refractivity contribution is 7.47. The molecule has 0 aliphatic rings. The molecule has 3 atom stereocenters. The van der Waals surface area contributed by atoms with E-state index in [0.717, 1.165) is 128 Å². The second-order valence-corrected chi connectivity index (χ2v) is 23.0. The number of phosphoric acid groups is 1. The maximum atomic E-state index is 13.0. The second kappa shape index (κ2) is 61.7. The van der Waals surface area contributed by atoms with Crippen molar-refractivity contribution >= 4 is 25.7 Å². The molecule has 0 aromatic heterocycles. The molecule has 0 saturated carbocycles. The van der Waals surface area contributed by atoms with Crippen LogP contribution in [0, 0.1) is 0 Å². The van der Waals surface area contributed by atoms with E-state index in [9.17, 15) is 28.9 Å². The molecule has 0 aromatic rings. The van der Waals surface area contributed by atoms with Gasteiger partial charge in [0.05, 0.1) is 19.8 Å². The molecule has 2 N–H and O–H groups in total. The first-order valence-corrected chi connectivity index (χ1v) is 34.0. The molecule has 0 rings (SSSR count). The maximum absolute atomic E-state index is 13.0. The van der Waals surface area contributed by atoms with Crippen molar-refractivity contribution in [1.29, 1.82) is 0 Å². The number of esters is 3. The Morgan fingerprint density at radius 1 is 0.362 bits per heavy atom. The van der Waals surface area contributed by atoms with Crippen molar-refractivity contribution in [3.63, 3.8) is 0 Å². The number of allylic oxidation sites excluding steroid dienone is 14. The normalized spacial score (nSPS) is 13.8. The fourth-order valence-electron chi connectivity index (χ4n) is 8.84. The molecule has 0 aliphatic heterocycles. The predicted octanol–water partition coefficient (Wildman–Crippen LogP) is 19.8. The molecular formula is C68H119O11P. The van der Waals surface area contributed by atoms with Gasteiger partial charge in [-0.05, 0) is 116 Å². The zero-order valence-corrected chi connectivity index (χ0v) is 52.2. The van der Waals surface area contributed by atoms with Gasteiger partial charge in [-0.15, -0.1) is 0 Å². The number of aliphatic hydroxyl groups is 1. The summed E-state index contributed by atoms with van der Waals surface area (Å²) in [7, 11) is -4.76. The van der Waals surface area contributed by atoms with Gasteiger partial charge in [-0.25, -0.2) is 4.57 Å². The zero-order valence-electron chi connectivity index (χ0n) is 51.3. The monoisotopic (exact) mass is 1140 g/mol. The van der Waals surface area contributed by atoms with Crippen LogP contribution in [0.15, 0.2) is 85.1 Å². The second-order valence-electron chi connectivity index (χ2n) is 21.5. The van der Waals surface area contributed by atoms with Crippen LogP contribution in [-0.2, 0) is 42.2 Å². The lowest BCUT2D eigenvalue weighted by molar-refractivity contribution is -0.161. The van der Waals surface area contributed by atoms with Gasteiger partial charge in [0.25, 0.3) is 0 Å². The number of unbranched alkanes of at least 4 members (excludes halogenated alkanes) is 29. The highest BCUT2D eigenvalue weighted by Gasteiger charge is 2.28. The van der Waals surface area contributed by atoms with Crippen LogP contribution in [-0.4, -0.2) is 66.5 Å². The van der Waals surface area contributed by atoms with Crippen LogP contribution in [0.3, 0.4) is 0 Å². The summed E-state index contributed by atoms with van der Waals surface area (Å²) < 4.78 is 39.7. The average Bonchev–Trinajstić information content (AvgIpc) is 3.45. The highest BCUT2D eigenvalue weighted by atomic mass is 31.2. The summed E-state index contributed by atoms with van der Waals surface area (Å²) in [6.07, 6.45) is 72.4. The van der Waals surface area contributed by atoms with Gasteiger partial charge in [0.15, 0.2) is 6.10 Å². The van der Waals surface area contributed by atoms with Crippen LogP contribution >= 0.6 is 7.82 Å². The average molecular weight is 1140 g/mol. The van der Waals surface area contributed by atoms with Crippen molar-refractivity contribution < 1.29 is 52.2 Å². The van der Waals surface area contributed by atoms with E-state index in [1.54, 1.807) is 0 Å². The van der Waals surface area contributed by atoms with E-state index in [1.807, 2.05) is 0 Å². The number of carbonyl (C=O) groups is 3. The van der Waals surface area contributed by atoms with E-state index in [4.69, 9.17) is 23.3 Å². The summed E-state index contributed by atoms with van der Waals surface area (Å²) in [6.45, 7) is 4.51. The first-order chi connectivity index (χ1) is 39.2. The van der Waals surface area contributed by atoms with E-state index in [0.29, 0.717) is 19.3 Å². The Morgan fingerprint density at radius 3 is 1.04 bits per heavy atom. The van der Waals surface area contributed by atoms with Gasteiger partial charge >= 0.3 is 25.7 Å². The third-order valence-electron chi connectivity index (χ3n) is 13.8. The van der Waals surface area contributed by atoms with Crippen molar-refractivity contribution in [2.75, 3.05) is 26.4 Å². The van der Waals surface area contributed by atoms with Crippen LogP contribution in [0.25, 0.3) is 0 Å². The van der Waals surface area contributed by atoms with Crippen molar-refractivity contribution in [2.24, 2.45) is 0 Å². The lowest BCUT2D eigenvalue weighted by atomic mass is 10.1. The molecule has 0 aliphatic carbocycles. The topological polar surface area (TPSA) is 155 Å². The van der Waals surface area contributed by atoms with Crippen LogP contribution in [0.5, 0.6) is 0 Å². The Hall–Kier alpha value is -3.34. The van der Waals surface area contributed by atoms with Gasteiger partial charge < -0.3 is 24.2 Å². The smallest absolute Gasteiger partial charge is 0.462 e. The molecular weight excluding hydrogens is 1020 g/mol. The van der Waals surface area contributed by atoms with Crippen molar-refractivity contribution in [3.05, 3.63) is 85.1 Å². The number of hydrogen-bond donors (Lipinski definition) is 2. The Kier molecular flexibility index (Phi) is 59.1. The number of ether oxygens (including phenoxy) is 3. The van der Waals surface area contributed by atoms with Crippen LogP contribution in [0.2, 0.25) is 0 Å². The number of aliphatic hydroxyl groups excluding tert-OH is 1. The fraction of sp³-hybridized carbons (Fsp3) is 0.750. The highest BCUT2D eigenvalue weighted by Crippen LogP contribution is 2.43. The fourth-order valence-corrected chi connectivity index (χ4v) is 9.63. The lowest BCUT2D eigenvalue weighted by Gasteiger charge is -2.21. The van der Waals surface area contributed by atoms with Crippen LogP contribution in [0.1, 0.15) is 290 Å². The minimum atomic E-state index is -4.76. The van der Waals surface area contributed by atoms with Gasteiger partial charge in [0.2, 0.25) is 0 Å². The predicted molar refractivity (Wildman–Crippen MR) is 334 cm³/mol. The molecule has 11 nitrogen and oxygen atoms in total. The molecule has 0 bridgehead atoms. The van der Waals surface area contributed by atoms with Crippen LogP contribution in [0.4, 0.5) is 0 Å². The van der Waals surface area contributed by atoms with Crippen molar-refractivity contribution in [1.82, 2.24) is 0 Å². The molecule has 0 aromatic carbocycles. The molecule has 12 heteroatoms.